The molecule has 3 aromatic rings. The number of nitrogens with two attached hydrogens (primary N) is 3. The lowest BCUT2D eigenvalue weighted by Gasteiger charge is -2.55. The minimum absolute atomic E-state index is 0.0386. The molecule has 4 aliphatic rings. The molecular weight excluding hydrogens is 610 g/mol. The predicted octanol–water partition coefficient (Wildman–Crippen LogP) is 3.07. The molecule has 9 N–H and O–H groups in total. The molecule has 4 aliphatic carbocycles. The SMILES string of the molecule is Cc1cc(O)cc(C)c1C[C@H](NC(=O)C(N)CCCn1ccnc1N)C(=O)N[C@@H](CCCN)c1nc(C23CC4CC(CC(C4)C2)C3)no1. The van der Waals surface area contributed by atoms with Crippen molar-refractivity contribution in [2.24, 2.45) is 29.2 Å². The number of carbonyl (C=O) groups is 2. The van der Waals surface area contributed by atoms with Crippen molar-refractivity contribution in [1.82, 2.24) is 30.3 Å². The van der Waals surface area contributed by atoms with Crippen LogP contribution < -0.4 is 27.8 Å². The highest BCUT2D eigenvalue weighted by atomic mass is 16.5. The molecule has 0 spiro atoms. The highest BCUT2D eigenvalue weighted by molar-refractivity contribution is 5.90. The predicted molar refractivity (Wildman–Crippen MR) is 180 cm³/mol. The number of amides is 2. The summed E-state index contributed by atoms with van der Waals surface area (Å²) in [5, 5.41) is 20.7. The van der Waals surface area contributed by atoms with Crippen LogP contribution in [-0.2, 0) is 28.0 Å². The van der Waals surface area contributed by atoms with Gasteiger partial charge in [0.05, 0.1) is 6.04 Å². The Morgan fingerprint density at radius 1 is 1.04 bits per heavy atom. The molecule has 4 fully saturated rings. The molecule has 48 heavy (non-hydrogen) atoms. The molecule has 0 radical (unpaired) electrons. The van der Waals surface area contributed by atoms with Crippen LogP contribution in [0.15, 0.2) is 29.0 Å². The Hall–Kier alpha value is -3.97. The first-order valence-corrected chi connectivity index (χ1v) is 17.5. The van der Waals surface area contributed by atoms with Crippen molar-refractivity contribution in [3.8, 4) is 5.75 Å². The molecule has 0 aliphatic heterocycles. The number of anilines is 1. The van der Waals surface area contributed by atoms with E-state index in [9.17, 15) is 14.7 Å². The number of rotatable bonds is 15. The maximum Gasteiger partial charge on any atom is 0.249 e. The second kappa shape index (κ2) is 14.3. The van der Waals surface area contributed by atoms with Gasteiger partial charge in [0.1, 0.15) is 17.8 Å². The molecular formula is C35H51N9O4. The summed E-state index contributed by atoms with van der Waals surface area (Å²) in [6, 6.07) is 0.967. The standard InChI is InChI=1S/C35H51N9O4/c1-20-11-25(45)12-21(2)26(20)16-29(41-30(46)27(37)5-4-9-44-10-8-39-34(44)38)31(47)40-28(6-3-7-36)32-42-33(43-48-32)35-17-22-13-23(18-35)15-24(14-22)19-35/h8,10-12,22-24,27-29,45H,3-7,9,13-19,36-37H2,1-2H3,(H2,38,39)(H,40,47)(H,41,46)/t22?,23?,24?,27?,28-,29-,35?/m0/s1. The number of aromatic nitrogens is 4. The quantitative estimate of drug-likeness (QED) is 0.140. The number of nitrogens with one attached hydrogen (secondary N) is 2. The summed E-state index contributed by atoms with van der Waals surface area (Å²) in [6.45, 7) is 4.76. The summed E-state index contributed by atoms with van der Waals surface area (Å²) in [7, 11) is 0. The normalized spacial score (nSPS) is 24.7. The van der Waals surface area contributed by atoms with Crippen LogP contribution in [0, 0.1) is 31.6 Å². The van der Waals surface area contributed by atoms with Crippen molar-refractivity contribution in [2.75, 3.05) is 12.3 Å². The molecule has 0 saturated heterocycles. The molecule has 2 amide bonds. The Bertz CT molecular complexity index is 1540. The second-order valence-electron chi connectivity index (χ2n) is 14.7. The number of imidazole rings is 1. The highest BCUT2D eigenvalue weighted by Crippen LogP contribution is 2.60. The molecule has 1 unspecified atom stereocenters. The van der Waals surface area contributed by atoms with Crippen LogP contribution in [0.1, 0.15) is 98.7 Å². The minimum atomic E-state index is -0.944. The first-order valence-electron chi connectivity index (χ1n) is 17.5. The number of nitrogens with zero attached hydrogens (tertiary/aromatic N) is 4. The number of phenolic OH excluding ortho intramolecular Hbond substituents is 1. The average molecular weight is 662 g/mol. The summed E-state index contributed by atoms with van der Waals surface area (Å²) < 4.78 is 7.70. The molecule has 13 nitrogen and oxygen atoms in total. The Morgan fingerprint density at radius 2 is 1.71 bits per heavy atom. The van der Waals surface area contributed by atoms with Gasteiger partial charge in [-0.3, -0.25) is 9.59 Å². The van der Waals surface area contributed by atoms with Gasteiger partial charge in [0, 0.05) is 30.8 Å². The van der Waals surface area contributed by atoms with Crippen LogP contribution in [0.5, 0.6) is 5.75 Å². The van der Waals surface area contributed by atoms with E-state index < -0.39 is 24.0 Å². The Morgan fingerprint density at radius 3 is 2.31 bits per heavy atom. The molecule has 1 aromatic carbocycles. The molecule has 2 heterocycles. The van der Waals surface area contributed by atoms with Gasteiger partial charge in [0.25, 0.3) is 0 Å². The van der Waals surface area contributed by atoms with Crippen molar-refractivity contribution in [3.05, 3.63) is 52.9 Å². The fourth-order valence-electron chi connectivity index (χ4n) is 8.96. The summed E-state index contributed by atoms with van der Waals surface area (Å²) in [5.41, 5.74) is 20.5. The van der Waals surface area contributed by atoms with Crippen LogP contribution in [-0.4, -0.2) is 55.2 Å². The van der Waals surface area contributed by atoms with Gasteiger partial charge in [-0.1, -0.05) is 5.16 Å². The van der Waals surface area contributed by atoms with Gasteiger partial charge in [0.2, 0.25) is 17.7 Å². The summed E-state index contributed by atoms with van der Waals surface area (Å²) in [4.78, 5) is 36.5. The third-order valence-corrected chi connectivity index (χ3v) is 11.0. The first kappa shape index (κ1) is 33.9. The van der Waals surface area contributed by atoms with Gasteiger partial charge in [-0.05, 0) is 131 Å². The molecule has 13 heteroatoms. The van der Waals surface area contributed by atoms with Crippen LogP contribution >= 0.6 is 0 Å². The average Bonchev–Trinajstić information content (AvgIpc) is 3.69. The van der Waals surface area contributed by atoms with Gasteiger partial charge < -0.3 is 42.0 Å². The van der Waals surface area contributed by atoms with Crippen LogP contribution in [0.4, 0.5) is 5.95 Å². The third kappa shape index (κ3) is 7.36. The van der Waals surface area contributed by atoms with Crippen molar-refractivity contribution in [3.63, 3.8) is 0 Å². The number of hydrogen-bond donors (Lipinski definition) is 6. The molecule has 4 saturated carbocycles. The van der Waals surface area contributed by atoms with Gasteiger partial charge >= 0.3 is 0 Å². The fraction of sp³-hybridized carbons (Fsp3) is 0.629. The maximum absolute atomic E-state index is 14.1. The minimum Gasteiger partial charge on any atom is -0.508 e. The van der Waals surface area contributed by atoms with Gasteiger partial charge in [-0.15, -0.1) is 0 Å². The zero-order chi connectivity index (χ0) is 34.0. The number of carbonyl (C=O) groups excluding carboxylic acids is 2. The molecule has 2 aromatic heterocycles. The van der Waals surface area contributed by atoms with E-state index in [2.05, 4.69) is 20.8 Å². The second-order valence-corrected chi connectivity index (χ2v) is 14.7. The first-order chi connectivity index (χ1) is 23.0. The summed E-state index contributed by atoms with van der Waals surface area (Å²) in [6.07, 6.45) is 13.0. The molecule has 3 atom stereocenters. The van der Waals surface area contributed by atoms with E-state index in [1.165, 1.54) is 19.3 Å². The lowest BCUT2D eigenvalue weighted by Crippen LogP contribution is -2.53. The van der Waals surface area contributed by atoms with E-state index >= 15 is 0 Å². The zero-order valence-electron chi connectivity index (χ0n) is 28.2. The zero-order valence-corrected chi connectivity index (χ0v) is 28.2. The smallest absolute Gasteiger partial charge is 0.249 e. The van der Waals surface area contributed by atoms with Crippen molar-refractivity contribution in [1.29, 1.82) is 0 Å². The number of aryl methyl sites for hydroxylation is 3. The van der Waals surface area contributed by atoms with Crippen LogP contribution in [0.2, 0.25) is 0 Å². The Balaban J connectivity index is 1.18. The monoisotopic (exact) mass is 661 g/mol. The van der Waals surface area contributed by atoms with E-state index in [1.54, 1.807) is 29.1 Å². The van der Waals surface area contributed by atoms with E-state index in [0.717, 1.165) is 59.5 Å². The summed E-state index contributed by atoms with van der Waals surface area (Å²) >= 11 is 0. The highest BCUT2D eigenvalue weighted by Gasteiger charge is 2.54. The largest absolute Gasteiger partial charge is 0.508 e. The number of nitrogen functional groups attached to an aromatic ring is 1. The maximum atomic E-state index is 14.1. The van der Waals surface area contributed by atoms with Gasteiger partial charge in [-0.2, -0.15) is 4.98 Å². The third-order valence-electron chi connectivity index (χ3n) is 11.0. The Labute approximate surface area is 281 Å². The van der Waals surface area contributed by atoms with E-state index in [-0.39, 0.29) is 23.5 Å². The lowest BCUT2D eigenvalue weighted by molar-refractivity contribution is -0.130. The van der Waals surface area contributed by atoms with Crippen LogP contribution in [0.3, 0.4) is 0 Å². The van der Waals surface area contributed by atoms with Crippen molar-refractivity contribution >= 4 is 17.8 Å². The number of phenols is 1. The Kier molecular flexibility index (Phi) is 10.1. The van der Waals surface area contributed by atoms with Gasteiger partial charge in [-0.25, -0.2) is 4.98 Å². The number of aromatic hydroxyl groups is 1. The fourth-order valence-corrected chi connectivity index (χ4v) is 8.96. The van der Waals surface area contributed by atoms with E-state index in [4.69, 9.17) is 26.7 Å². The number of benzene rings is 1. The summed E-state index contributed by atoms with van der Waals surface area (Å²) in [5.74, 6) is 3.08. The van der Waals surface area contributed by atoms with E-state index in [1.807, 2.05) is 13.8 Å². The van der Waals surface area contributed by atoms with Crippen LogP contribution in [0.25, 0.3) is 0 Å². The van der Waals surface area contributed by atoms with E-state index in [0.29, 0.717) is 50.6 Å². The molecule has 4 bridgehead atoms. The van der Waals surface area contributed by atoms with Crippen molar-refractivity contribution < 1.29 is 19.2 Å². The molecule has 7 rings (SSSR count). The van der Waals surface area contributed by atoms with Gasteiger partial charge in [0.15, 0.2) is 11.8 Å². The molecule has 260 valence electrons. The van der Waals surface area contributed by atoms with Crippen molar-refractivity contribution in [2.45, 2.75) is 115 Å². The lowest BCUT2D eigenvalue weighted by atomic mass is 9.49. The topological polar surface area (TPSA) is 213 Å². The number of hydrogen-bond acceptors (Lipinski definition) is 10.